The van der Waals surface area contributed by atoms with Gasteiger partial charge in [0.1, 0.15) is 0 Å². The van der Waals surface area contributed by atoms with E-state index < -0.39 is 5.97 Å². The molecule has 0 aliphatic carbocycles. The Bertz CT molecular complexity index is 1210. The predicted octanol–water partition coefficient (Wildman–Crippen LogP) is 5.05. The molecule has 0 aliphatic rings. The highest BCUT2D eigenvalue weighted by molar-refractivity contribution is 6.17. The molecule has 0 radical (unpaired) electrons. The van der Waals surface area contributed by atoms with Gasteiger partial charge in [0.2, 0.25) is 0 Å². The van der Waals surface area contributed by atoms with E-state index in [1.54, 1.807) is 6.08 Å². The molecule has 1 aromatic heterocycles. The molecule has 4 rings (SSSR count). The van der Waals surface area contributed by atoms with Gasteiger partial charge in [-0.05, 0) is 35.9 Å². The van der Waals surface area contributed by atoms with E-state index in [2.05, 4.69) is 4.74 Å². The molecule has 0 unspecified atom stereocenters. The first kappa shape index (κ1) is 18.4. The van der Waals surface area contributed by atoms with Crippen molar-refractivity contribution in [3.8, 4) is 5.69 Å². The van der Waals surface area contributed by atoms with Crippen LogP contribution in [0.2, 0.25) is 0 Å². The summed E-state index contributed by atoms with van der Waals surface area (Å²) in [5, 5.41) is 0.828. The van der Waals surface area contributed by atoms with E-state index in [0.29, 0.717) is 11.1 Å². The second kappa shape index (κ2) is 7.98. The number of nitrogens with zero attached hydrogens (tertiary/aromatic N) is 1. The molecule has 0 aliphatic heterocycles. The molecule has 0 saturated heterocycles. The van der Waals surface area contributed by atoms with Gasteiger partial charge in [0.15, 0.2) is 5.78 Å². The third kappa shape index (κ3) is 3.73. The van der Waals surface area contributed by atoms with Crippen molar-refractivity contribution < 1.29 is 14.3 Å². The standard InChI is InChI=1S/C25H19NO3/c1-29-24(27)15-13-18-12-14-23-21(16-18)22(25(28)19-8-4-2-5-9-19)17-26(23)20-10-6-3-7-11-20/h2-17H,1H3/b15-13+. The van der Waals surface area contributed by atoms with Crippen LogP contribution in [-0.2, 0) is 9.53 Å². The van der Waals surface area contributed by atoms with Gasteiger partial charge in [0, 0.05) is 34.5 Å². The Morgan fingerprint density at radius 3 is 2.28 bits per heavy atom. The summed E-state index contributed by atoms with van der Waals surface area (Å²) in [5.41, 5.74) is 3.96. The average molecular weight is 381 g/mol. The zero-order valence-electron chi connectivity index (χ0n) is 15.9. The molecular formula is C25H19NO3. The van der Waals surface area contributed by atoms with Gasteiger partial charge < -0.3 is 9.30 Å². The number of methoxy groups -OCH3 is 1. The minimum atomic E-state index is -0.424. The molecule has 4 nitrogen and oxygen atoms in total. The maximum Gasteiger partial charge on any atom is 0.330 e. The van der Waals surface area contributed by atoms with Gasteiger partial charge in [-0.3, -0.25) is 4.79 Å². The molecular weight excluding hydrogens is 362 g/mol. The number of para-hydroxylation sites is 1. The number of carbonyl (C=O) groups is 2. The van der Waals surface area contributed by atoms with E-state index in [4.69, 9.17) is 0 Å². The van der Waals surface area contributed by atoms with E-state index in [1.165, 1.54) is 13.2 Å². The zero-order valence-corrected chi connectivity index (χ0v) is 15.9. The van der Waals surface area contributed by atoms with Gasteiger partial charge in [0.25, 0.3) is 0 Å². The third-order valence-electron chi connectivity index (χ3n) is 4.76. The van der Waals surface area contributed by atoms with Crippen molar-refractivity contribution in [1.82, 2.24) is 4.57 Å². The summed E-state index contributed by atoms with van der Waals surface area (Å²) in [6, 6.07) is 24.9. The maximum absolute atomic E-state index is 13.2. The van der Waals surface area contributed by atoms with Gasteiger partial charge in [-0.2, -0.15) is 0 Å². The van der Waals surface area contributed by atoms with Crippen molar-refractivity contribution in [2.45, 2.75) is 0 Å². The van der Waals surface area contributed by atoms with Crippen molar-refractivity contribution in [1.29, 1.82) is 0 Å². The second-order valence-corrected chi connectivity index (χ2v) is 6.58. The number of hydrogen-bond acceptors (Lipinski definition) is 3. The highest BCUT2D eigenvalue weighted by Crippen LogP contribution is 2.28. The molecule has 4 heteroatoms. The number of esters is 1. The lowest BCUT2D eigenvalue weighted by Gasteiger charge is -2.05. The van der Waals surface area contributed by atoms with Crippen LogP contribution in [0.5, 0.6) is 0 Å². The van der Waals surface area contributed by atoms with Crippen LogP contribution >= 0.6 is 0 Å². The molecule has 0 saturated carbocycles. The summed E-state index contributed by atoms with van der Waals surface area (Å²) < 4.78 is 6.67. The lowest BCUT2D eigenvalue weighted by molar-refractivity contribution is -0.134. The smallest absolute Gasteiger partial charge is 0.330 e. The number of hydrogen-bond donors (Lipinski definition) is 0. The lowest BCUT2D eigenvalue weighted by Crippen LogP contribution is -2.00. The van der Waals surface area contributed by atoms with Crippen molar-refractivity contribution >= 4 is 28.7 Å². The van der Waals surface area contributed by atoms with Crippen LogP contribution in [0.3, 0.4) is 0 Å². The molecule has 0 amide bonds. The first-order valence-electron chi connectivity index (χ1n) is 9.23. The number of ketones is 1. The van der Waals surface area contributed by atoms with E-state index in [-0.39, 0.29) is 5.78 Å². The predicted molar refractivity (Wildman–Crippen MR) is 114 cm³/mol. The number of benzene rings is 3. The van der Waals surface area contributed by atoms with Crippen LogP contribution in [0, 0.1) is 0 Å². The van der Waals surface area contributed by atoms with E-state index in [1.807, 2.05) is 89.6 Å². The molecule has 0 spiro atoms. The average Bonchev–Trinajstić information content (AvgIpc) is 3.17. The van der Waals surface area contributed by atoms with Crippen LogP contribution in [0.25, 0.3) is 22.7 Å². The third-order valence-corrected chi connectivity index (χ3v) is 4.76. The van der Waals surface area contributed by atoms with Gasteiger partial charge >= 0.3 is 5.97 Å². The van der Waals surface area contributed by atoms with Gasteiger partial charge in [-0.25, -0.2) is 4.79 Å². The summed E-state index contributed by atoms with van der Waals surface area (Å²) in [5.74, 6) is -0.466. The Morgan fingerprint density at radius 2 is 1.59 bits per heavy atom. The van der Waals surface area contributed by atoms with Gasteiger partial charge in [-0.15, -0.1) is 0 Å². The zero-order chi connectivity index (χ0) is 20.2. The molecule has 0 atom stereocenters. The molecule has 29 heavy (non-hydrogen) atoms. The Kier molecular flexibility index (Phi) is 5.08. The van der Waals surface area contributed by atoms with E-state index in [9.17, 15) is 9.59 Å². The van der Waals surface area contributed by atoms with E-state index in [0.717, 1.165) is 22.2 Å². The molecule has 0 N–H and O–H groups in total. The molecule has 142 valence electrons. The highest BCUT2D eigenvalue weighted by atomic mass is 16.5. The molecule has 0 bridgehead atoms. The number of carbonyl (C=O) groups excluding carboxylic acids is 2. The summed E-state index contributed by atoms with van der Waals surface area (Å²) >= 11 is 0. The summed E-state index contributed by atoms with van der Waals surface area (Å²) in [6.45, 7) is 0. The summed E-state index contributed by atoms with van der Waals surface area (Å²) in [6.07, 6.45) is 4.93. The normalized spacial score (nSPS) is 11.1. The Balaban J connectivity index is 1.89. The maximum atomic E-state index is 13.2. The molecule has 1 heterocycles. The van der Waals surface area contributed by atoms with Crippen LogP contribution in [-0.4, -0.2) is 23.4 Å². The quantitative estimate of drug-likeness (QED) is 0.276. The number of ether oxygens (including phenoxy) is 1. The SMILES string of the molecule is COC(=O)/C=C/c1ccc2c(c1)c(C(=O)c1ccccc1)cn2-c1ccccc1. The van der Waals surface area contributed by atoms with Crippen molar-refractivity contribution in [3.63, 3.8) is 0 Å². The monoisotopic (exact) mass is 381 g/mol. The van der Waals surface area contributed by atoms with Crippen molar-refractivity contribution in [2.24, 2.45) is 0 Å². The second-order valence-electron chi connectivity index (χ2n) is 6.58. The highest BCUT2D eigenvalue weighted by Gasteiger charge is 2.17. The van der Waals surface area contributed by atoms with Crippen LogP contribution in [0.4, 0.5) is 0 Å². The first-order valence-corrected chi connectivity index (χ1v) is 9.23. The fourth-order valence-electron chi connectivity index (χ4n) is 3.31. The molecule has 0 fully saturated rings. The lowest BCUT2D eigenvalue weighted by atomic mass is 10.0. The minimum Gasteiger partial charge on any atom is -0.466 e. The first-order chi connectivity index (χ1) is 14.2. The van der Waals surface area contributed by atoms with Crippen molar-refractivity contribution in [3.05, 3.63) is 108 Å². The molecule has 3 aromatic carbocycles. The van der Waals surface area contributed by atoms with Gasteiger partial charge in [0.05, 0.1) is 12.6 Å². The topological polar surface area (TPSA) is 48.3 Å². The van der Waals surface area contributed by atoms with Crippen LogP contribution < -0.4 is 0 Å². The van der Waals surface area contributed by atoms with E-state index >= 15 is 0 Å². The fraction of sp³-hybridized carbons (Fsp3) is 0.0400. The largest absolute Gasteiger partial charge is 0.466 e. The number of aromatic nitrogens is 1. The number of fused-ring (bicyclic) bond motifs is 1. The summed E-state index contributed by atoms with van der Waals surface area (Å²) in [7, 11) is 1.34. The Labute approximate surface area is 168 Å². The fourth-order valence-corrected chi connectivity index (χ4v) is 3.31. The summed E-state index contributed by atoms with van der Waals surface area (Å²) in [4.78, 5) is 24.7. The van der Waals surface area contributed by atoms with Gasteiger partial charge in [-0.1, -0.05) is 54.6 Å². The molecule has 4 aromatic rings. The van der Waals surface area contributed by atoms with Crippen molar-refractivity contribution in [2.75, 3.05) is 7.11 Å². The van der Waals surface area contributed by atoms with Crippen LogP contribution in [0.15, 0.2) is 91.1 Å². The Morgan fingerprint density at radius 1 is 0.897 bits per heavy atom. The Hall–Kier alpha value is -3.92. The number of rotatable bonds is 5. The van der Waals surface area contributed by atoms with Crippen LogP contribution in [0.1, 0.15) is 21.5 Å². The minimum absolute atomic E-state index is 0.0422.